The summed E-state index contributed by atoms with van der Waals surface area (Å²) in [5.41, 5.74) is 2.93. The second-order valence-electron chi connectivity index (χ2n) is 5.56. The van der Waals surface area contributed by atoms with Gasteiger partial charge in [-0.05, 0) is 42.0 Å². The summed E-state index contributed by atoms with van der Waals surface area (Å²) in [5, 5.41) is 13.3. The zero-order chi connectivity index (χ0) is 16.4. The Labute approximate surface area is 132 Å². The fraction of sp³-hybridized carbons (Fsp3) is 0.235. The van der Waals surface area contributed by atoms with Crippen LogP contribution in [0.15, 0.2) is 36.4 Å². The highest BCUT2D eigenvalue weighted by molar-refractivity contribution is 5.95. The van der Waals surface area contributed by atoms with Gasteiger partial charge in [-0.1, -0.05) is 18.2 Å². The number of nitro benzene ring substituents is 1. The van der Waals surface area contributed by atoms with Gasteiger partial charge in [-0.2, -0.15) is 0 Å². The number of carbonyl (C=O) groups excluding carboxylic acids is 1. The van der Waals surface area contributed by atoms with Gasteiger partial charge in [-0.15, -0.1) is 0 Å². The molecule has 0 aliphatic heterocycles. The van der Waals surface area contributed by atoms with Crippen molar-refractivity contribution >= 4 is 11.6 Å². The summed E-state index contributed by atoms with van der Waals surface area (Å²) >= 11 is 0. The Hall–Kier alpha value is -2.76. The number of hydrogen-bond donors (Lipinski definition) is 1. The van der Waals surface area contributed by atoms with E-state index in [-0.39, 0.29) is 17.8 Å². The molecule has 23 heavy (non-hydrogen) atoms. The van der Waals surface area contributed by atoms with Crippen molar-refractivity contribution in [1.29, 1.82) is 0 Å². The van der Waals surface area contributed by atoms with Crippen LogP contribution in [0.1, 0.15) is 33.5 Å². The lowest BCUT2D eigenvalue weighted by molar-refractivity contribution is -0.384. The Morgan fingerprint density at radius 1 is 1.17 bits per heavy atom. The molecule has 0 bridgehead atoms. The maximum absolute atomic E-state index is 13.7. The summed E-state index contributed by atoms with van der Waals surface area (Å²) in [6.45, 7) is 0.258. The Kier molecular flexibility index (Phi) is 4.06. The van der Waals surface area contributed by atoms with E-state index in [9.17, 15) is 19.3 Å². The summed E-state index contributed by atoms with van der Waals surface area (Å²) in [6.07, 6.45) is 3.27. The number of carbonyl (C=O) groups is 1. The number of nitro groups is 1. The molecule has 0 saturated carbocycles. The molecule has 0 fully saturated rings. The number of nitrogens with one attached hydrogen (secondary N) is 1. The Balaban J connectivity index is 1.72. The average Bonchev–Trinajstić information content (AvgIpc) is 3.00. The maximum atomic E-state index is 13.7. The third kappa shape index (κ3) is 3.21. The van der Waals surface area contributed by atoms with Gasteiger partial charge in [0.05, 0.1) is 10.5 Å². The molecule has 0 spiro atoms. The molecule has 5 nitrogen and oxygen atoms in total. The number of fused-ring (bicyclic) bond motifs is 1. The second-order valence-corrected chi connectivity index (χ2v) is 5.56. The minimum absolute atomic E-state index is 0.258. The minimum Gasteiger partial charge on any atom is -0.348 e. The number of rotatable bonds is 4. The van der Waals surface area contributed by atoms with Crippen molar-refractivity contribution in [1.82, 2.24) is 5.32 Å². The van der Waals surface area contributed by atoms with Crippen LogP contribution in [0.2, 0.25) is 0 Å². The predicted molar refractivity (Wildman–Crippen MR) is 82.7 cm³/mol. The quantitative estimate of drug-likeness (QED) is 0.696. The average molecular weight is 314 g/mol. The summed E-state index contributed by atoms with van der Waals surface area (Å²) in [4.78, 5) is 22.1. The molecule has 1 aliphatic rings. The molecule has 3 rings (SSSR count). The van der Waals surface area contributed by atoms with Crippen molar-refractivity contribution in [2.24, 2.45) is 0 Å². The zero-order valence-electron chi connectivity index (χ0n) is 12.3. The van der Waals surface area contributed by atoms with Crippen LogP contribution in [0.3, 0.4) is 0 Å². The SMILES string of the molecule is O=C(NCc1ccc2c(c1)CCC2)c1cc([N+](=O)[O-])ccc1F. The fourth-order valence-electron chi connectivity index (χ4n) is 2.81. The lowest BCUT2D eigenvalue weighted by Gasteiger charge is -2.08. The van der Waals surface area contributed by atoms with Crippen molar-refractivity contribution in [2.75, 3.05) is 0 Å². The summed E-state index contributed by atoms with van der Waals surface area (Å²) in [6, 6.07) is 8.96. The fourth-order valence-corrected chi connectivity index (χ4v) is 2.81. The van der Waals surface area contributed by atoms with Crippen LogP contribution in [-0.4, -0.2) is 10.8 Å². The van der Waals surface area contributed by atoms with Gasteiger partial charge in [0.25, 0.3) is 11.6 Å². The van der Waals surface area contributed by atoms with E-state index >= 15 is 0 Å². The number of halogens is 1. The predicted octanol–water partition coefficient (Wildman–Crippen LogP) is 3.15. The molecule has 2 aromatic rings. The number of benzene rings is 2. The molecule has 1 aliphatic carbocycles. The number of hydrogen-bond acceptors (Lipinski definition) is 3. The minimum atomic E-state index is -0.776. The molecule has 0 saturated heterocycles. The molecular formula is C17H15FN2O3. The van der Waals surface area contributed by atoms with E-state index in [1.165, 1.54) is 11.1 Å². The standard InChI is InChI=1S/C17H15FN2O3/c18-16-7-6-14(20(22)23)9-15(16)17(21)19-10-11-4-5-12-2-1-3-13(12)8-11/h4-9H,1-3,10H2,(H,19,21). The van der Waals surface area contributed by atoms with Gasteiger partial charge in [0.1, 0.15) is 5.82 Å². The monoisotopic (exact) mass is 314 g/mol. The van der Waals surface area contributed by atoms with Crippen molar-refractivity contribution in [3.63, 3.8) is 0 Å². The summed E-state index contributed by atoms with van der Waals surface area (Å²) in [7, 11) is 0. The highest BCUT2D eigenvalue weighted by atomic mass is 19.1. The van der Waals surface area contributed by atoms with Gasteiger partial charge in [-0.3, -0.25) is 14.9 Å². The second kappa shape index (κ2) is 6.16. The van der Waals surface area contributed by atoms with E-state index in [0.29, 0.717) is 0 Å². The van der Waals surface area contributed by atoms with Crippen molar-refractivity contribution in [2.45, 2.75) is 25.8 Å². The topological polar surface area (TPSA) is 72.2 Å². The zero-order valence-corrected chi connectivity index (χ0v) is 12.3. The highest BCUT2D eigenvalue weighted by Crippen LogP contribution is 2.23. The maximum Gasteiger partial charge on any atom is 0.270 e. The van der Waals surface area contributed by atoms with Gasteiger partial charge in [0.2, 0.25) is 0 Å². The number of amides is 1. The molecule has 118 valence electrons. The van der Waals surface area contributed by atoms with Crippen molar-refractivity contribution in [3.8, 4) is 0 Å². The molecule has 0 radical (unpaired) electrons. The first-order valence-corrected chi connectivity index (χ1v) is 7.37. The Morgan fingerprint density at radius 2 is 1.96 bits per heavy atom. The third-order valence-corrected chi connectivity index (χ3v) is 4.02. The van der Waals surface area contributed by atoms with Crippen LogP contribution in [0.5, 0.6) is 0 Å². The summed E-state index contributed by atoms with van der Waals surface area (Å²) in [5.74, 6) is -1.44. The van der Waals surface area contributed by atoms with E-state index in [4.69, 9.17) is 0 Å². The molecule has 0 unspecified atom stereocenters. The number of aryl methyl sites for hydroxylation is 2. The molecule has 2 aromatic carbocycles. The lowest BCUT2D eigenvalue weighted by atomic mass is 10.1. The van der Waals surface area contributed by atoms with Gasteiger partial charge in [0, 0.05) is 18.7 Å². The lowest BCUT2D eigenvalue weighted by Crippen LogP contribution is -2.24. The largest absolute Gasteiger partial charge is 0.348 e. The van der Waals surface area contributed by atoms with Gasteiger partial charge >= 0.3 is 0 Å². The molecular weight excluding hydrogens is 299 g/mol. The molecule has 0 atom stereocenters. The van der Waals surface area contributed by atoms with Crippen LogP contribution < -0.4 is 5.32 Å². The molecule has 1 N–H and O–H groups in total. The molecule has 0 aromatic heterocycles. The van der Waals surface area contributed by atoms with Crippen LogP contribution in [0, 0.1) is 15.9 Å². The van der Waals surface area contributed by atoms with E-state index < -0.39 is 16.6 Å². The van der Waals surface area contributed by atoms with E-state index in [0.717, 1.165) is 43.0 Å². The highest BCUT2D eigenvalue weighted by Gasteiger charge is 2.17. The number of non-ortho nitro benzene ring substituents is 1. The van der Waals surface area contributed by atoms with Crippen molar-refractivity contribution in [3.05, 3.63) is 74.6 Å². The molecule has 0 heterocycles. The van der Waals surface area contributed by atoms with E-state index in [2.05, 4.69) is 11.4 Å². The number of nitrogens with zero attached hydrogens (tertiary/aromatic N) is 1. The Morgan fingerprint density at radius 3 is 2.74 bits per heavy atom. The first-order chi connectivity index (χ1) is 11.0. The van der Waals surface area contributed by atoms with E-state index in [1.807, 2.05) is 12.1 Å². The van der Waals surface area contributed by atoms with Crippen LogP contribution in [0.4, 0.5) is 10.1 Å². The van der Waals surface area contributed by atoms with Crippen LogP contribution in [-0.2, 0) is 19.4 Å². The molecule has 6 heteroatoms. The van der Waals surface area contributed by atoms with Crippen LogP contribution in [0.25, 0.3) is 0 Å². The van der Waals surface area contributed by atoms with Gasteiger partial charge in [-0.25, -0.2) is 4.39 Å². The van der Waals surface area contributed by atoms with Crippen LogP contribution >= 0.6 is 0 Å². The smallest absolute Gasteiger partial charge is 0.270 e. The van der Waals surface area contributed by atoms with Crippen molar-refractivity contribution < 1.29 is 14.1 Å². The normalized spacial score (nSPS) is 12.7. The summed E-state index contributed by atoms with van der Waals surface area (Å²) < 4.78 is 13.7. The third-order valence-electron chi connectivity index (χ3n) is 4.02. The van der Waals surface area contributed by atoms with Gasteiger partial charge < -0.3 is 5.32 Å². The van der Waals surface area contributed by atoms with E-state index in [1.54, 1.807) is 0 Å². The van der Waals surface area contributed by atoms with Gasteiger partial charge in [0.15, 0.2) is 0 Å². The first kappa shape index (κ1) is 15.1. The Bertz CT molecular complexity index is 789. The first-order valence-electron chi connectivity index (χ1n) is 7.37. The molecule has 1 amide bonds.